The van der Waals surface area contributed by atoms with Gasteiger partial charge in [0.1, 0.15) is 5.82 Å². The number of rotatable bonds is 7. The first kappa shape index (κ1) is 17.4. The van der Waals surface area contributed by atoms with Crippen molar-refractivity contribution in [3.05, 3.63) is 11.8 Å². The average molecular weight is 292 g/mol. The Labute approximate surface area is 128 Å². The van der Waals surface area contributed by atoms with E-state index in [1.54, 1.807) is 0 Å². The molecular weight excluding hydrogens is 264 g/mol. The summed E-state index contributed by atoms with van der Waals surface area (Å²) in [6.45, 7) is 10.6. The van der Waals surface area contributed by atoms with E-state index in [2.05, 4.69) is 27.5 Å². The molecule has 0 atom stereocenters. The molecule has 118 valence electrons. The highest BCUT2D eigenvalue weighted by Gasteiger charge is 2.22. The van der Waals surface area contributed by atoms with Crippen molar-refractivity contribution in [1.82, 2.24) is 9.97 Å². The van der Waals surface area contributed by atoms with Gasteiger partial charge in [-0.25, -0.2) is 4.98 Å². The normalized spacial score (nSPS) is 11.3. The maximum absolute atomic E-state index is 12.1. The molecule has 5 nitrogen and oxygen atoms in total. The van der Waals surface area contributed by atoms with Gasteiger partial charge < -0.3 is 10.6 Å². The Morgan fingerprint density at radius 3 is 2.48 bits per heavy atom. The standard InChI is InChI=1S/C16H28N4O/c1-6-8-9-10-12-11-13(19-14(21)16(3,4)5)20-15(18-12)17-7-2/h11H,6-10H2,1-5H3,(H2,17,18,19,20,21). The second-order valence-electron chi connectivity index (χ2n) is 6.26. The van der Waals surface area contributed by atoms with E-state index in [1.807, 2.05) is 33.8 Å². The predicted molar refractivity (Wildman–Crippen MR) is 87.5 cm³/mol. The summed E-state index contributed by atoms with van der Waals surface area (Å²) in [6, 6.07) is 1.88. The van der Waals surface area contributed by atoms with E-state index in [4.69, 9.17) is 0 Å². The molecule has 5 heteroatoms. The zero-order chi connectivity index (χ0) is 15.9. The molecule has 1 aromatic rings. The van der Waals surface area contributed by atoms with Gasteiger partial charge in [-0.3, -0.25) is 4.79 Å². The molecule has 0 saturated heterocycles. The number of unbranched alkanes of at least 4 members (excludes halogenated alkanes) is 2. The quantitative estimate of drug-likeness (QED) is 0.753. The van der Waals surface area contributed by atoms with Gasteiger partial charge in [-0.05, 0) is 19.8 Å². The van der Waals surface area contributed by atoms with Crippen LogP contribution in [0.4, 0.5) is 11.8 Å². The van der Waals surface area contributed by atoms with Gasteiger partial charge in [-0.15, -0.1) is 0 Å². The number of anilines is 2. The first-order valence-corrected chi connectivity index (χ1v) is 7.80. The molecule has 1 aromatic heterocycles. The molecule has 1 rings (SSSR count). The van der Waals surface area contributed by atoms with Crippen LogP contribution in [0, 0.1) is 5.41 Å². The third-order valence-electron chi connectivity index (χ3n) is 3.07. The summed E-state index contributed by atoms with van der Waals surface area (Å²) >= 11 is 0. The van der Waals surface area contributed by atoms with Crippen LogP contribution >= 0.6 is 0 Å². The van der Waals surface area contributed by atoms with Crippen LogP contribution in [0.5, 0.6) is 0 Å². The Morgan fingerprint density at radius 1 is 1.19 bits per heavy atom. The average Bonchev–Trinajstić information content (AvgIpc) is 2.38. The Bertz CT molecular complexity index is 466. The van der Waals surface area contributed by atoms with E-state index in [9.17, 15) is 4.79 Å². The maximum Gasteiger partial charge on any atom is 0.230 e. The minimum Gasteiger partial charge on any atom is -0.354 e. The van der Waals surface area contributed by atoms with E-state index in [1.165, 1.54) is 12.8 Å². The van der Waals surface area contributed by atoms with Crippen LogP contribution in [0.25, 0.3) is 0 Å². The molecule has 0 fully saturated rings. The number of aryl methyl sites for hydroxylation is 1. The van der Waals surface area contributed by atoms with Crippen molar-refractivity contribution in [2.24, 2.45) is 5.41 Å². The predicted octanol–water partition coefficient (Wildman–Crippen LogP) is 3.63. The lowest BCUT2D eigenvalue weighted by Gasteiger charge is -2.18. The van der Waals surface area contributed by atoms with Crippen molar-refractivity contribution < 1.29 is 4.79 Å². The number of amides is 1. The summed E-state index contributed by atoms with van der Waals surface area (Å²) in [7, 11) is 0. The minimum atomic E-state index is -0.439. The van der Waals surface area contributed by atoms with E-state index in [0.717, 1.165) is 25.1 Å². The van der Waals surface area contributed by atoms with Crippen LogP contribution in [0.3, 0.4) is 0 Å². The number of hydrogen-bond donors (Lipinski definition) is 2. The fraction of sp³-hybridized carbons (Fsp3) is 0.688. The number of nitrogens with one attached hydrogen (secondary N) is 2. The van der Waals surface area contributed by atoms with Crippen LogP contribution in [0.2, 0.25) is 0 Å². The second kappa shape index (κ2) is 7.96. The van der Waals surface area contributed by atoms with Gasteiger partial charge in [-0.2, -0.15) is 4.98 Å². The molecule has 1 heterocycles. The van der Waals surface area contributed by atoms with Gasteiger partial charge in [0.15, 0.2) is 0 Å². The summed E-state index contributed by atoms with van der Waals surface area (Å²) in [5.41, 5.74) is 0.532. The molecule has 0 aliphatic carbocycles. The van der Waals surface area contributed by atoms with Gasteiger partial charge in [0.25, 0.3) is 0 Å². The molecule has 0 bridgehead atoms. The van der Waals surface area contributed by atoms with Crippen LogP contribution < -0.4 is 10.6 Å². The zero-order valence-electron chi connectivity index (χ0n) is 13.9. The summed E-state index contributed by atoms with van der Waals surface area (Å²) in [5, 5.41) is 6.00. The van der Waals surface area contributed by atoms with Crippen molar-refractivity contribution in [3.63, 3.8) is 0 Å². The van der Waals surface area contributed by atoms with Crippen molar-refractivity contribution in [2.75, 3.05) is 17.2 Å². The largest absolute Gasteiger partial charge is 0.354 e. The number of aromatic nitrogens is 2. The molecule has 0 spiro atoms. The minimum absolute atomic E-state index is 0.0387. The Kier molecular flexibility index (Phi) is 6.59. The molecule has 1 amide bonds. The van der Waals surface area contributed by atoms with Crippen molar-refractivity contribution in [3.8, 4) is 0 Å². The van der Waals surface area contributed by atoms with Crippen molar-refractivity contribution in [2.45, 2.75) is 60.3 Å². The number of hydrogen-bond acceptors (Lipinski definition) is 4. The van der Waals surface area contributed by atoms with Gasteiger partial charge in [-0.1, -0.05) is 40.5 Å². The second-order valence-corrected chi connectivity index (χ2v) is 6.26. The van der Waals surface area contributed by atoms with Crippen LogP contribution in [-0.4, -0.2) is 22.4 Å². The van der Waals surface area contributed by atoms with Gasteiger partial charge in [0.2, 0.25) is 11.9 Å². The highest BCUT2D eigenvalue weighted by Crippen LogP contribution is 2.18. The Balaban J connectivity index is 2.88. The molecular formula is C16H28N4O. The highest BCUT2D eigenvalue weighted by molar-refractivity contribution is 5.93. The van der Waals surface area contributed by atoms with Crippen LogP contribution in [-0.2, 0) is 11.2 Å². The van der Waals surface area contributed by atoms with E-state index in [0.29, 0.717) is 11.8 Å². The fourth-order valence-corrected chi connectivity index (χ4v) is 1.79. The lowest BCUT2D eigenvalue weighted by atomic mass is 9.96. The first-order chi connectivity index (χ1) is 9.86. The van der Waals surface area contributed by atoms with Crippen molar-refractivity contribution in [1.29, 1.82) is 0 Å². The number of carbonyl (C=O) groups is 1. The number of nitrogens with zero attached hydrogens (tertiary/aromatic N) is 2. The molecule has 0 radical (unpaired) electrons. The highest BCUT2D eigenvalue weighted by atomic mass is 16.2. The van der Waals surface area contributed by atoms with E-state index >= 15 is 0 Å². The first-order valence-electron chi connectivity index (χ1n) is 7.80. The summed E-state index contributed by atoms with van der Waals surface area (Å²) in [6.07, 6.45) is 4.38. The Hall–Kier alpha value is -1.65. The van der Waals surface area contributed by atoms with Crippen LogP contribution in [0.15, 0.2) is 6.07 Å². The molecule has 2 N–H and O–H groups in total. The van der Waals surface area contributed by atoms with Crippen LogP contribution in [0.1, 0.15) is 59.6 Å². The maximum atomic E-state index is 12.1. The molecule has 0 aliphatic heterocycles. The Morgan fingerprint density at radius 2 is 1.90 bits per heavy atom. The zero-order valence-corrected chi connectivity index (χ0v) is 13.9. The lowest BCUT2D eigenvalue weighted by Crippen LogP contribution is -2.28. The fourth-order valence-electron chi connectivity index (χ4n) is 1.79. The van der Waals surface area contributed by atoms with Crippen molar-refractivity contribution >= 4 is 17.7 Å². The van der Waals surface area contributed by atoms with Gasteiger partial charge in [0, 0.05) is 23.7 Å². The molecule has 0 aliphatic rings. The van der Waals surface area contributed by atoms with Gasteiger partial charge in [0.05, 0.1) is 0 Å². The molecule has 0 saturated carbocycles. The molecule has 0 aromatic carbocycles. The lowest BCUT2D eigenvalue weighted by molar-refractivity contribution is -0.123. The third-order valence-corrected chi connectivity index (χ3v) is 3.07. The summed E-state index contributed by atoms with van der Waals surface area (Å²) < 4.78 is 0. The third kappa shape index (κ3) is 6.10. The summed E-state index contributed by atoms with van der Waals surface area (Å²) in [4.78, 5) is 20.9. The monoisotopic (exact) mass is 292 g/mol. The van der Waals surface area contributed by atoms with Gasteiger partial charge >= 0.3 is 0 Å². The topological polar surface area (TPSA) is 66.9 Å². The van der Waals surface area contributed by atoms with E-state index < -0.39 is 5.41 Å². The van der Waals surface area contributed by atoms with E-state index in [-0.39, 0.29) is 5.91 Å². The summed E-state index contributed by atoms with van der Waals surface area (Å²) in [5.74, 6) is 1.12. The SMILES string of the molecule is CCCCCc1cc(NC(=O)C(C)(C)C)nc(NCC)n1. The number of carbonyl (C=O) groups excluding carboxylic acids is 1. The smallest absolute Gasteiger partial charge is 0.230 e. The molecule has 21 heavy (non-hydrogen) atoms. The molecule has 0 unspecified atom stereocenters.